The van der Waals surface area contributed by atoms with E-state index in [9.17, 15) is 4.79 Å². The number of rotatable bonds is 4. The van der Waals surface area contributed by atoms with Gasteiger partial charge in [0.1, 0.15) is 11.6 Å². The van der Waals surface area contributed by atoms with Crippen molar-refractivity contribution in [1.82, 2.24) is 14.9 Å². The third-order valence-electron chi connectivity index (χ3n) is 3.12. The van der Waals surface area contributed by atoms with Gasteiger partial charge in [-0.1, -0.05) is 0 Å². The van der Waals surface area contributed by atoms with E-state index in [1.807, 2.05) is 24.9 Å². The first-order chi connectivity index (χ1) is 7.72. The van der Waals surface area contributed by atoms with Gasteiger partial charge in [0.15, 0.2) is 0 Å². The number of likely N-dealkylation sites (N-methyl/N-ethyl adjacent to an activating group) is 1. The smallest absolute Gasteiger partial charge is 0.147 e. The zero-order valence-electron chi connectivity index (χ0n) is 9.64. The highest BCUT2D eigenvalue weighted by Crippen LogP contribution is 2.16. The van der Waals surface area contributed by atoms with Crippen molar-refractivity contribution in [2.24, 2.45) is 13.0 Å². The molecule has 1 saturated heterocycles. The van der Waals surface area contributed by atoms with Gasteiger partial charge in [-0.3, -0.25) is 4.79 Å². The van der Waals surface area contributed by atoms with Crippen LogP contribution in [-0.4, -0.2) is 41.6 Å². The standard InChI is InChI=1S/C11H17N3O2/c1-12-9-7-16-6-8(9)10(15)5-11-13-3-4-14(11)2/h3-4,8-9,12H,5-7H2,1-2H3. The van der Waals surface area contributed by atoms with E-state index in [0.717, 1.165) is 5.82 Å². The third kappa shape index (κ3) is 2.15. The van der Waals surface area contributed by atoms with Gasteiger partial charge in [-0.25, -0.2) is 4.98 Å². The zero-order valence-corrected chi connectivity index (χ0v) is 9.64. The van der Waals surface area contributed by atoms with Crippen LogP contribution in [0.2, 0.25) is 0 Å². The molecule has 1 aliphatic heterocycles. The minimum absolute atomic E-state index is 0.0401. The van der Waals surface area contributed by atoms with Crippen molar-refractivity contribution in [3.8, 4) is 0 Å². The van der Waals surface area contributed by atoms with Crippen LogP contribution in [0.1, 0.15) is 5.82 Å². The molecule has 0 radical (unpaired) electrons. The molecule has 0 aromatic carbocycles. The highest BCUT2D eigenvalue weighted by Gasteiger charge is 2.32. The molecule has 88 valence electrons. The van der Waals surface area contributed by atoms with Gasteiger partial charge < -0.3 is 14.6 Å². The van der Waals surface area contributed by atoms with E-state index < -0.39 is 0 Å². The number of nitrogens with zero attached hydrogens (tertiary/aromatic N) is 2. The molecule has 1 aliphatic rings. The molecule has 1 aromatic heterocycles. The quantitative estimate of drug-likeness (QED) is 0.766. The lowest BCUT2D eigenvalue weighted by atomic mass is 9.96. The van der Waals surface area contributed by atoms with Crippen LogP contribution in [-0.2, 0) is 23.0 Å². The Labute approximate surface area is 94.8 Å². The van der Waals surface area contributed by atoms with E-state index in [1.165, 1.54) is 0 Å². The summed E-state index contributed by atoms with van der Waals surface area (Å²) in [6, 6.07) is 0.146. The van der Waals surface area contributed by atoms with Crippen LogP contribution < -0.4 is 5.32 Å². The Morgan fingerprint density at radius 3 is 3.12 bits per heavy atom. The molecular formula is C11H17N3O2. The van der Waals surface area contributed by atoms with Crippen LogP contribution >= 0.6 is 0 Å². The highest BCUT2D eigenvalue weighted by atomic mass is 16.5. The predicted octanol–water partition coefficient (Wildman–Crippen LogP) is -0.234. The van der Waals surface area contributed by atoms with E-state index in [-0.39, 0.29) is 17.7 Å². The second-order valence-electron chi connectivity index (χ2n) is 4.14. The highest BCUT2D eigenvalue weighted by molar-refractivity contribution is 5.83. The molecule has 2 unspecified atom stereocenters. The second kappa shape index (κ2) is 4.76. The fourth-order valence-corrected chi connectivity index (χ4v) is 2.01. The number of hydrogen-bond acceptors (Lipinski definition) is 4. The SMILES string of the molecule is CNC1COCC1C(=O)Cc1nccn1C. The van der Waals surface area contributed by atoms with E-state index in [0.29, 0.717) is 19.6 Å². The van der Waals surface area contributed by atoms with Crippen LogP contribution in [0, 0.1) is 5.92 Å². The molecular weight excluding hydrogens is 206 g/mol. The summed E-state index contributed by atoms with van der Waals surface area (Å²) in [7, 11) is 3.76. The van der Waals surface area contributed by atoms with Gasteiger partial charge in [0.05, 0.1) is 25.6 Å². The largest absolute Gasteiger partial charge is 0.379 e. The van der Waals surface area contributed by atoms with Crippen molar-refractivity contribution in [2.75, 3.05) is 20.3 Å². The molecule has 1 aromatic rings. The van der Waals surface area contributed by atoms with Crippen LogP contribution in [0.3, 0.4) is 0 Å². The maximum absolute atomic E-state index is 12.1. The van der Waals surface area contributed by atoms with Crippen LogP contribution in [0.25, 0.3) is 0 Å². The molecule has 2 rings (SSSR count). The molecule has 0 amide bonds. The van der Waals surface area contributed by atoms with Crippen LogP contribution in [0.5, 0.6) is 0 Å². The monoisotopic (exact) mass is 223 g/mol. The Bertz CT molecular complexity index is 375. The van der Waals surface area contributed by atoms with E-state index in [2.05, 4.69) is 10.3 Å². The van der Waals surface area contributed by atoms with E-state index in [1.54, 1.807) is 6.20 Å². The molecule has 5 nitrogen and oxygen atoms in total. The third-order valence-corrected chi connectivity index (χ3v) is 3.12. The number of nitrogens with one attached hydrogen (secondary N) is 1. The molecule has 2 atom stereocenters. The van der Waals surface area contributed by atoms with Crippen molar-refractivity contribution in [1.29, 1.82) is 0 Å². The first kappa shape index (κ1) is 11.3. The molecule has 0 bridgehead atoms. The lowest BCUT2D eigenvalue weighted by molar-refractivity contribution is -0.122. The Hall–Kier alpha value is -1.20. The number of ketones is 1. The summed E-state index contributed by atoms with van der Waals surface area (Å²) >= 11 is 0. The Morgan fingerprint density at radius 2 is 2.50 bits per heavy atom. The Kier molecular flexibility index (Phi) is 3.36. The summed E-state index contributed by atoms with van der Waals surface area (Å²) in [5.41, 5.74) is 0. The number of aryl methyl sites for hydroxylation is 1. The lowest BCUT2D eigenvalue weighted by Gasteiger charge is -2.15. The van der Waals surface area contributed by atoms with Crippen molar-refractivity contribution in [3.05, 3.63) is 18.2 Å². The maximum atomic E-state index is 12.1. The fourth-order valence-electron chi connectivity index (χ4n) is 2.01. The minimum atomic E-state index is -0.0401. The number of aromatic nitrogens is 2. The van der Waals surface area contributed by atoms with Gasteiger partial charge in [0, 0.05) is 25.5 Å². The second-order valence-corrected chi connectivity index (χ2v) is 4.14. The average Bonchev–Trinajstić information content (AvgIpc) is 2.87. The average molecular weight is 223 g/mol. The van der Waals surface area contributed by atoms with E-state index >= 15 is 0 Å². The summed E-state index contributed by atoms with van der Waals surface area (Å²) in [6.07, 6.45) is 3.95. The number of carbonyl (C=O) groups excluding carboxylic acids is 1. The van der Waals surface area contributed by atoms with Crippen LogP contribution in [0.15, 0.2) is 12.4 Å². The summed E-state index contributed by atoms with van der Waals surface area (Å²) < 4.78 is 7.20. The molecule has 0 aliphatic carbocycles. The molecule has 0 spiro atoms. The number of carbonyl (C=O) groups is 1. The number of imidazole rings is 1. The predicted molar refractivity (Wildman–Crippen MR) is 59.1 cm³/mol. The van der Waals surface area contributed by atoms with Gasteiger partial charge in [-0.05, 0) is 7.05 Å². The summed E-state index contributed by atoms with van der Waals surface area (Å²) in [5, 5.41) is 3.12. The number of hydrogen-bond donors (Lipinski definition) is 1. The first-order valence-electron chi connectivity index (χ1n) is 5.46. The Balaban J connectivity index is 2.00. The van der Waals surface area contributed by atoms with Crippen molar-refractivity contribution in [2.45, 2.75) is 12.5 Å². The summed E-state index contributed by atoms with van der Waals surface area (Å²) in [5.74, 6) is 0.972. The first-order valence-corrected chi connectivity index (χ1v) is 5.46. The summed E-state index contributed by atoms with van der Waals surface area (Å²) in [6.45, 7) is 1.14. The molecule has 2 heterocycles. The Morgan fingerprint density at radius 1 is 1.69 bits per heavy atom. The minimum Gasteiger partial charge on any atom is -0.379 e. The molecule has 1 fully saturated rings. The van der Waals surface area contributed by atoms with Crippen molar-refractivity contribution in [3.63, 3.8) is 0 Å². The molecule has 1 N–H and O–H groups in total. The number of ether oxygens (including phenoxy) is 1. The summed E-state index contributed by atoms with van der Waals surface area (Å²) in [4.78, 5) is 16.2. The van der Waals surface area contributed by atoms with Gasteiger partial charge in [0.25, 0.3) is 0 Å². The van der Waals surface area contributed by atoms with Gasteiger partial charge in [-0.15, -0.1) is 0 Å². The number of Topliss-reactive ketones (excluding diaryl/α,β-unsaturated/α-hetero) is 1. The van der Waals surface area contributed by atoms with Crippen molar-refractivity contribution >= 4 is 5.78 Å². The van der Waals surface area contributed by atoms with Gasteiger partial charge >= 0.3 is 0 Å². The topological polar surface area (TPSA) is 56.1 Å². The zero-order chi connectivity index (χ0) is 11.5. The van der Waals surface area contributed by atoms with E-state index in [4.69, 9.17) is 4.74 Å². The fraction of sp³-hybridized carbons (Fsp3) is 0.636. The maximum Gasteiger partial charge on any atom is 0.147 e. The van der Waals surface area contributed by atoms with Crippen molar-refractivity contribution < 1.29 is 9.53 Å². The van der Waals surface area contributed by atoms with Gasteiger partial charge in [-0.2, -0.15) is 0 Å². The normalized spacial score (nSPS) is 24.9. The molecule has 16 heavy (non-hydrogen) atoms. The molecule has 0 saturated carbocycles. The van der Waals surface area contributed by atoms with Crippen LogP contribution in [0.4, 0.5) is 0 Å². The molecule has 5 heteroatoms. The lowest BCUT2D eigenvalue weighted by Crippen LogP contribution is -2.37. The van der Waals surface area contributed by atoms with Gasteiger partial charge in [0.2, 0.25) is 0 Å².